The van der Waals surface area contributed by atoms with Gasteiger partial charge in [-0.05, 0) is 17.9 Å². The van der Waals surface area contributed by atoms with Gasteiger partial charge in [0.2, 0.25) is 0 Å². The molecule has 1 aromatic heterocycles. The Kier molecular flexibility index (Phi) is 4.00. The molecule has 13 heavy (non-hydrogen) atoms. The molecule has 0 aliphatic heterocycles. The molecule has 0 N–H and O–H groups in total. The van der Waals surface area contributed by atoms with E-state index in [1.54, 1.807) is 0 Å². The van der Waals surface area contributed by atoms with Gasteiger partial charge in [0.25, 0.3) is 0 Å². The molecule has 2 nitrogen and oxygen atoms in total. The number of rotatable bonds is 5. The summed E-state index contributed by atoms with van der Waals surface area (Å²) in [4.78, 5) is 0. The molecule has 1 atom stereocenters. The highest BCUT2D eigenvalue weighted by Gasteiger charge is 2.01. The molecule has 0 unspecified atom stereocenters. The second kappa shape index (κ2) is 5.05. The first-order valence-electron chi connectivity index (χ1n) is 5.27. The largest absolute Gasteiger partial charge is 0.272 e. The van der Waals surface area contributed by atoms with Gasteiger partial charge in [-0.15, -0.1) is 0 Å². The Hall–Kier alpha value is -0.790. The van der Waals surface area contributed by atoms with Crippen molar-refractivity contribution in [2.24, 2.45) is 5.92 Å². The maximum Gasteiger partial charge on any atom is 0.0521 e. The third-order valence-corrected chi connectivity index (χ3v) is 2.42. The molecule has 0 aliphatic rings. The van der Waals surface area contributed by atoms with Crippen molar-refractivity contribution in [2.45, 2.75) is 46.6 Å². The molecular formula is C11H20N2. The van der Waals surface area contributed by atoms with E-state index in [1.807, 2.05) is 6.20 Å². The molecule has 1 rings (SSSR count). The summed E-state index contributed by atoms with van der Waals surface area (Å²) in [7, 11) is 0. The first kappa shape index (κ1) is 10.3. The standard InChI is InChI=1S/C11H20N2/c1-4-6-11-7-12-13(9-11)8-10(3)5-2/h7,9-10H,4-6,8H2,1-3H3/t10-/m1/s1. The van der Waals surface area contributed by atoms with E-state index < -0.39 is 0 Å². The van der Waals surface area contributed by atoms with Gasteiger partial charge in [-0.3, -0.25) is 4.68 Å². The Morgan fingerprint density at radius 2 is 2.23 bits per heavy atom. The van der Waals surface area contributed by atoms with E-state index in [-0.39, 0.29) is 0 Å². The van der Waals surface area contributed by atoms with Crippen LogP contribution in [0.2, 0.25) is 0 Å². The van der Waals surface area contributed by atoms with Gasteiger partial charge in [0, 0.05) is 12.7 Å². The molecular weight excluding hydrogens is 160 g/mol. The monoisotopic (exact) mass is 180 g/mol. The first-order valence-corrected chi connectivity index (χ1v) is 5.27. The van der Waals surface area contributed by atoms with Gasteiger partial charge in [-0.1, -0.05) is 33.6 Å². The summed E-state index contributed by atoms with van der Waals surface area (Å²) in [5.74, 6) is 0.731. The molecule has 1 heterocycles. The predicted octanol–water partition coefficient (Wildman–Crippen LogP) is 2.88. The number of aryl methyl sites for hydroxylation is 1. The fourth-order valence-electron chi connectivity index (χ4n) is 1.37. The van der Waals surface area contributed by atoms with E-state index in [9.17, 15) is 0 Å². The molecule has 74 valence electrons. The van der Waals surface area contributed by atoms with Crippen LogP contribution in [0.3, 0.4) is 0 Å². The van der Waals surface area contributed by atoms with E-state index in [1.165, 1.54) is 18.4 Å². The highest BCUT2D eigenvalue weighted by molar-refractivity contribution is 5.03. The molecule has 0 spiro atoms. The van der Waals surface area contributed by atoms with Crippen LogP contribution in [0.25, 0.3) is 0 Å². The van der Waals surface area contributed by atoms with Crippen LogP contribution in [0.4, 0.5) is 0 Å². The third-order valence-electron chi connectivity index (χ3n) is 2.42. The Balaban J connectivity index is 2.48. The molecule has 0 saturated heterocycles. The lowest BCUT2D eigenvalue weighted by atomic mass is 10.1. The summed E-state index contributed by atoms with van der Waals surface area (Å²) in [6, 6.07) is 0. The summed E-state index contributed by atoms with van der Waals surface area (Å²) in [6.45, 7) is 7.74. The average Bonchev–Trinajstić information content (AvgIpc) is 2.53. The molecule has 0 fully saturated rings. The van der Waals surface area contributed by atoms with Crippen LogP contribution < -0.4 is 0 Å². The van der Waals surface area contributed by atoms with Gasteiger partial charge in [0.15, 0.2) is 0 Å². The van der Waals surface area contributed by atoms with Crippen molar-refractivity contribution < 1.29 is 0 Å². The van der Waals surface area contributed by atoms with Crippen molar-refractivity contribution >= 4 is 0 Å². The molecule has 0 amide bonds. The summed E-state index contributed by atoms with van der Waals surface area (Å²) in [5.41, 5.74) is 1.37. The van der Waals surface area contributed by atoms with Crippen LogP contribution in [0.15, 0.2) is 12.4 Å². The maximum absolute atomic E-state index is 4.34. The van der Waals surface area contributed by atoms with Crippen molar-refractivity contribution in [3.8, 4) is 0 Å². The number of nitrogens with zero attached hydrogens (tertiary/aromatic N) is 2. The average molecular weight is 180 g/mol. The molecule has 0 aliphatic carbocycles. The number of aromatic nitrogens is 2. The van der Waals surface area contributed by atoms with Crippen molar-refractivity contribution in [1.29, 1.82) is 0 Å². The summed E-state index contributed by atoms with van der Waals surface area (Å²) < 4.78 is 2.07. The summed E-state index contributed by atoms with van der Waals surface area (Å²) in [6.07, 6.45) is 7.75. The highest BCUT2D eigenvalue weighted by atomic mass is 15.3. The Morgan fingerprint density at radius 1 is 1.46 bits per heavy atom. The van der Waals surface area contributed by atoms with Gasteiger partial charge >= 0.3 is 0 Å². The molecule has 0 bridgehead atoms. The molecule has 1 aromatic rings. The third kappa shape index (κ3) is 3.21. The van der Waals surface area contributed by atoms with Gasteiger partial charge in [-0.2, -0.15) is 5.10 Å². The number of hydrogen-bond acceptors (Lipinski definition) is 1. The van der Waals surface area contributed by atoms with Crippen molar-refractivity contribution in [3.63, 3.8) is 0 Å². The van der Waals surface area contributed by atoms with Crippen molar-refractivity contribution in [3.05, 3.63) is 18.0 Å². The summed E-state index contributed by atoms with van der Waals surface area (Å²) in [5, 5.41) is 4.34. The lowest BCUT2D eigenvalue weighted by Crippen LogP contribution is -2.06. The molecule has 0 aromatic carbocycles. The van der Waals surface area contributed by atoms with E-state index in [4.69, 9.17) is 0 Å². The number of hydrogen-bond donors (Lipinski definition) is 0. The topological polar surface area (TPSA) is 17.8 Å². The quantitative estimate of drug-likeness (QED) is 0.681. The zero-order valence-corrected chi connectivity index (χ0v) is 8.95. The molecule has 0 radical (unpaired) electrons. The minimum absolute atomic E-state index is 0.731. The van der Waals surface area contributed by atoms with Crippen LogP contribution in [0, 0.1) is 5.92 Å². The fourth-order valence-corrected chi connectivity index (χ4v) is 1.37. The van der Waals surface area contributed by atoms with Crippen LogP contribution in [-0.4, -0.2) is 9.78 Å². The second-order valence-corrected chi connectivity index (χ2v) is 3.83. The van der Waals surface area contributed by atoms with Crippen LogP contribution in [-0.2, 0) is 13.0 Å². The first-order chi connectivity index (χ1) is 6.26. The van der Waals surface area contributed by atoms with Gasteiger partial charge in [0.1, 0.15) is 0 Å². The highest BCUT2D eigenvalue weighted by Crippen LogP contribution is 2.06. The summed E-state index contributed by atoms with van der Waals surface area (Å²) >= 11 is 0. The Bertz CT molecular complexity index is 240. The molecule has 0 saturated carbocycles. The van der Waals surface area contributed by atoms with Crippen LogP contribution in [0.5, 0.6) is 0 Å². The second-order valence-electron chi connectivity index (χ2n) is 3.83. The lowest BCUT2D eigenvalue weighted by Gasteiger charge is -2.07. The SMILES string of the molecule is CCCc1cnn(C[C@H](C)CC)c1. The zero-order chi connectivity index (χ0) is 9.68. The molecule has 2 heteroatoms. The maximum atomic E-state index is 4.34. The van der Waals surface area contributed by atoms with Crippen molar-refractivity contribution in [1.82, 2.24) is 9.78 Å². The van der Waals surface area contributed by atoms with E-state index in [0.29, 0.717) is 0 Å². The van der Waals surface area contributed by atoms with Crippen molar-refractivity contribution in [2.75, 3.05) is 0 Å². The normalized spacial score (nSPS) is 13.2. The minimum Gasteiger partial charge on any atom is -0.272 e. The van der Waals surface area contributed by atoms with Gasteiger partial charge in [0.05, 0.1) is 6.20 Å². The Labute approximate surface area is 81.0 Å². The van der Waals surface area contributed by atoms with Gasteiger partial charge in [-0.25, -0.2) is 0 Å². The zero-order valence-electron chi connectivity index (χ0n) is 8.95. The fraction of sp³-hybridized carbons (Fsp3) is 0.727. The lowest BCUT2D eigenvalue weighted by molar-refractivity contribution is 0.439. The predicted molar refractivity (Wildman–Crippen MR) is 55.7 cm³/mol. The minimum atomic E-state index is 0.731. The van der Waals surface area contributed by atoms with Crippen LogP contribution >= 0.6 is 0 Å². The van der Waals surface area contributed by atoms with Crippen LogP contribution in [0.1, 0.15) is 39.2 Å². The van der Waals surface area contributed by atoms with Gasteiger partial charge < -0.3 is 0 Å². The van der Waals surface area contributed by atoms with E-state index in [2.05, 4.69) is 36.7 Å². The van der Waals surface area contributed by atoms with E-state index >= 15 is 0 Å². The van der Waals surface area contributed by atoms with E-state index in [0.717, 1.165) is 18.9 Å². The Morgan fingerprint density at radius 3 is 2.85 bits per heavy atom. The smallest absolute Gasteiger partial charge is 0.0521 e.